The molecule has 0 heterocycles. The molecule has 0 saturated carbocycles. The zero-order valence-corrected chi connectivity index (χ0v) is 13.1. The largest absolute Gasteiger partial charge is 0.388 e. The maximum Gasteiger partial charge on any atom is 0.0830 e. The van der Waals surface area contributed by atoms with E-state index in [2.05, 4.69) is 26.0 Å². The number of rotatable bonds is 4. The van der Waals surface area contributed by atoms with Gasteiger partial charge in [-0.15, -0.1) is 0 Å². The monoisotopic (exact) mass is 308 g/mol. The molecule has 0 aliphatic rings. The second-order valence-electron chi connectivity index (χ2n) is 5.29. The Hall–Kier alpha value is -1.02. The van der Waals surface area contributed by atoms with Gasteiger partial charge in [0.25, 0.3) is 0 Å². The van der Waals surface area contributed by atoms with E-state index in [1.165, 1.54) is 5.56 Å². The van der Waals surface area contributed by atoms with E-state index in [0.717, 1.165) is 11.1 Å². The zero-order chi connectivity index (χ0) is 14.7. The number of benzene rings is 2. The summed E-state index contributed by atoms with van der Waals surface area (Å²) < 4.78 is 0. The van der Waals surface area contributed by atoms with E-state index in [1.54, 1.807) is 12.1 Å². The van der Waals surface area contributed by atoms with Crippen LogP contribution in [-0.2, 0) is 6.42 Å². The lowest BCUT2D eigenvalue weighted by molar-refractivity contribution is 0.178. The summed E-state index contributed by atoms with van der Waals surface area (Å²) in [5, 5.41) is 11.3. The van der Waals surface area contributed by atoms with Crippen molar-refractivity contribution in [3.05, 3.63) is 69.2 Å². The SMILES string of the molecule is CC(C)c1ccc(C(O)Cc2ccc(Cl)c(Cl)c2)cc1. The van der Waals surface area contributed by atoms with Crippen LogP contribution in [0.15, 0.2) is 42.5 Å². The first-order chi connectivity index (χ1) is 9.47. The molecule has 0 aliphatic heterocycles. The third kappa shape index (κ3) is 3.76. The summed E-state index contributed by atoms with van der Waals surface area (Å²) in [5.74, 6) is 0.497. The summed E-state index contributed by atoms with van der Waals surface area (Å²) in [4.78, 5) is 0. The molecule has 1 atom stereocenters. The highest BCUT2D eigenvalue weighted by Crippen LogP contribution is 2.26. The predicted molar refractivity (Wildman–Crippen MR) is 85.7 cm³/mol. The van der Waals surface area contributed by atoms with Gasteiger partial charge in [-0.1, -0.05) is 67.4 Å². The molecule has 2 aromatic carbocycles. The molecule has 1 N–H and O–H groups in total. The number of hydrogen-bond acceptors (Lipinski definition) is 1. The minimum Gasteiger partial charge on any atom is -0.388 e. The summed E-state index contributed by atoms with van der Waals surface area (Å²) in [6, 6.07) is 13.6. The van der Waals surface area contributed by atoms with Crippen molar-refractivity contribution in [3.63, 3.8) is 0 Å². The van der Waals surface area contributed by atoms with E-state index in [9.17, 15) is 5.11 Å². The molecule has 106 valence electrons. The van der Waals surface area contributed by atoms with E-state index >= 15 is 0 Å². The average Bonchev–Trinajstić information content (AvgIpc) is 2.43. The Morgan fingerprint density at radius 1 is 0.900 bits per heavy atom. The molecular formula is C17H18Cl2O. The summed E-state index contributed by atoms with van der Waals surface area (Å²) in [7, 11) is 0. The van der Waals surface area contributed by atoms with Gasteiger partial charge >= 0.3 is 0 Å². The molecule has 0 saturated heterocycles. The molecule has 0 spiro atoms. The molecule has 1 unspecified atom stereocenters. The fourth-order valence-corrected chi connectivity index (χ4v) is 2.43. The minimum absolute atomic E-state index is 0.497. The molecule has 0 aliphatic carbocycles. The van der Waals surface area contributed by atoms with E-state index in [4.69, 9.17) is 23.2 Å². The van der Waals surface area contributed by atoms with Crippen molar-refractivity contribution < 1.29 is 5.11 Å². The van der Waals surface area contributed by atoms with Crippen LogP contribution in [-0.4, -0.2) is 5.11 Å². The fourth-order valence-electron chi connectivity index (χ4n) is 2.11. The topological polar surface area (TPSA) is 20.2 Å². The van der Waals surface area contributed by atoms with Crippen molar-refractivity contribution in [1.29, 1.82) is 0 Å². The van der Waals surface area contributed by atoms with Crippen LogP contribution in [0.4, 0.5) is 0 Å². The van der Waals surface area contributed by atoms with Gasteiger partial charge in [0.05, 0.1) is 16.1 Å². The first-order valence-electron chi connectivity index (χ1n) is 6.69. The molecule has 0 bridgehead atoms. The lowest BCUT2D eigenvalue weighted by atomic mass is 9.97. The van der Waals surface area contributed by atoms with Crippen molar-refractivity contribution in [2.75, 3.05) is 0 Å². The molecule has 20 heavy (non-hydrogen) atoms. The molecule has 0 radical (unpaired) electrons. The van der Waals surface area contributed by atoms with Crippen molar-refractivity contribution in [1.82, 2.24) is 0 Å². The molecule has 2 rings (SSSR count). The Balaban J connectivity index is 2.10. The van der Waals surface area contributed by atoms with Crippen LogP contribution in [0.2, 0.25) is 10.0 Å². The Morgan fingerprint density at radius 3 is 2.05 bits per heavy atom. The Bertz CT molecular complexity index is 576. The van der Waals surface area contributed by atoms with Gasteiger partial charge < -0.3 is 5.11 Å². The molecule has 0 amide bonds. The van der Waals surface area contributed by atoms with Crippen molar-refractivity contribution in [3.8, 4) is 0 Å². The maximum atomic E-state index is 10.3. The maximum absolute atomic E-state index is 10.3. The van der Waals surface area contributed by atoms with Crippen LogP contribution in [0.1, 0.15) is 42.6 Å². The Kier molecular flexibility index (Phi) is 5.09. The Labute approximate surface area is 130 Å². The lowest BCUT2D eigenvalue weighted by Gasteiger charge is -2.13. The van der Waals surface area contributed by atoms with Crippen LogP contribution in [0.3, 0.4) is 0 Å². The third-order valence-electron chi connectivity index (χ3n) is 3.40. The summed E-state index contributed by atoms with van der Waals surface area (Å²) in [6.07, 6.45) is -0.00813. The first kappa shape index (κ1) is 15.4. The molecule has 3 heteroatoms. The van der Waals surface area contributed by atoms with Gasteiger partial charge in [0.15, 0.2) is 0 Å². The number of aliphatic hydroxyl groups is 1. The van der Waals surface area contributed by atoms with Crippen molar-refractivity contribution in [2.24, 2.45) is 0 Å². The normalized spacial score (nSPS) is 12.7. The van der Waals surface area contributed by atoms with Gasteiger partial charge in [0.2, 0.25) is 0 Å². The number of halogens is 2. The quantitative estimate of drug-likeness (QED) is 0.802. The lowest BCUT2D eigenvalue weighted by Crippen LogP contribution is -2.02. The van der Waals surface area contributed by atoms with Gasteiger partial charge in [-0.3, -0.25) is 0 Å². The average molecular weight is 309 g/mol. The molecule has 0 fully saturated rings. The van der Waals surface area contributed by atoms with E-state index in [-0.39, 0.29) is 0 Å². The van der Waals surface area contributed by atoms with Gasteiger partial charge in [-0.2, -0.15) is 0 Å². The smallest absolute Gasteiger partial charge is 0.0830 e. The molecule has 1 nitrogen and oxygen atoms in total. The minimum atomic E-state index is -0.534. The zero-order valence-electron chi connectivity index (χ0n) is 11.6. The van der Waals surface area contributed by atoms with Gasteiger partial charge in [0.1, 0.15) is 0 Å². The first-order valence-corrected chi connectivity index (χ1v) is 7.45. The van der Waals surface area contributed by atoms with Crippen molar-refractivity contribution in [2.45, 2.75) is 32.3 Å². The highest BCUT2D eigenvalue weighted by molar-refractivity contribution is 6.42. The standard InChI is InChI=1S/C17H18Cl2O/c1-11(2)13-4-6-14(7-5-13)17(20)10-12-3-8-15(18)16(19)9-12/h3-9,11,17,20H,10H2,1-2H3. The Morgan fingerprint density at radius 2 is 1.50 bits per heavy atom. The summed E-state index contributed by atoms with van der Waals surface area (Å²) in [5.41, 5.74) is 3.16. The van der Waals surface area contributed by atoms with Gasteiger partial charge in [0, 0.05) is 6.42 Å². The van der Waals surface area contributed by atoms with Gasteiger partial charge in [-0.25, -0.2) is 0 Å². The summed E-state index contributed by atoms with van der Waals surface area (Å²) in [6.45, 7) is 4.31. The van der Waals surface area contributed by atoms with Crippen LogP contribution < -0.4 is 0 Å². The van der Waals surface area contributed by atoms with E-state index < -0.39 is 6.10 Å². The second kappa shape index (κ2) is 6.62. The molecule has 0 aromatic heterocycles. The summed E-state index contributed by atoms with van der Waals surface area (Å²) >= 11 is 11.9. The van der Waals surface area contributed by atoms with Crippen LogP contribution in [0.25, 0.3) is 0 Å². The second-order valence-corrected chi connectivity index (χ2v) is 6.10. The van der Waals surface area contributed by atoms with E-state index in [0.29, 0.717) is 22.4 Å². The highest BCUT2D eigenvalue weighted by Gasteiger charge is 2.10. The van der Waals surface area contributed by atoms with Crippen molar-refractivity contribution >= 4 is 23.2 Å². The van der Waals surface area contributed by atoms with Crippen LogP contribution >= 0.6 is 23.2 Å². The van der Waals surface area contributed by atoms with Crippen LogP contribution in [0, 0.1) is 0 Å². The molecular weight excluding hydrogens is 291 g/mol. The number of aliphatic hydroxyl groups excluding tert-OH is 1. The van der Waals surface area contributed by atoms with Gasteiger partial charge in [-0.05, 0) is 34.7 Å². The third-order valence-corrected chi connectivity index (χ3v) is 4.14. The number of hydrogen-bond donors (Lipinski definition) is 1. The van der Waals surface area contributed by atoms with Crippen LogP contribution in [0.5, 0.6) is 0 Å². The highest BCUT2D eigenvalue weighted by atomic mass is 35.5. The predicted octanol–water partition coefficient (Wildman–Crippen LogP) is 5.39. The molecule has 2 aromatic rings. The fraction of sp³-hybridized carbons (Fsp3) is 0.294. The van der Waals surface area contributed by atoms with E-state index in [1.807, 2.05) is 18.2 Å².